The number of methoxy groups -OCH3 is 2. The molecule has 3 aromatic rings. The van der Waals surface area contributed by atoms with Gasteiger partial charge in [-0.05, 0) is 48.4 Å². The lowest BCUT2D eigenvalue weighted by atomic mass is 10.1. The minimum Gasteiger partial charge on any atom is -0.497 e. The number of nitrogens with zero attached hydrogens (tertiary/aromatic N) is 2. The summed E-state index contributed by atoms with van der Waals surface area (Å²) in [6, 6.07) is 13.5. The molecule has 0 aliphatic heterocycles. The summed E-state index contributed by atoms with van der Waals surface area (Å²) >= 11 is 0. The second-order valence-electron chi connectivity index (χ2n) is 5.37. The van der Waals surface area contributed by atoms with Gasteiger partial charge in [0.05, 0.1) is 30.8 Å². The maximum absolute atomic E-state index is 9.51. The van der Waals surface area contributed by atoms with Crippen molar-refractivity contribution in [3.63, 3.8) is 0 Å². The lowest BCUT2D eigenvalue weighted by Gasteiger charge is -2.05. The molecule has 0 saturated carbocycles. The van der Waals surface area contributed by atoms with E-state index < -0.39 is 0 Å². The van der Waals surface area contributed by atoms with Gasteiger partial charge in [0.2, 0.25) is 0 Å². The fourth-order valence-electron chi connectivity index (χ4n) is 2.55. The number of hydrogen-bond donors (Lipinski definition) is 1. The van der Waals surface area contributed by atoms with Crippen molar-refractivity contribution in [3.05, 3.63) is 53.3 Å². The first kappa shape index (κ1) is 15.6. The van der Waals surface area contributed by atoms with Gasteiger partial charge in [0.25, 0.3) is 0 Å². The number of fused-ring (bicyclic) bond motifs is 1. The highest BCUT2D eigenvalue weighted by Crippen LogP contribution is 2.24. The van der Waals surface area contributed by atoms with Gasteiger partial charge in [-0.2, -0.15) is 5.26 Å². The first-order valence-electron chi connectivity index (χ1n) is 7.45. The molecule has 0 aliphatic rings. The Bertz CT molecular complexity index is 964. The minimum atomic E-state index is 0.467. The van der Waals surface area contributed by atoms with Gasteiger partial charge < -0.3 is 14.5 Å². The number of imidazole rings is 1. The second kappa shape index (κ2) is 6.47. The Morgan fingerprint density at radius 3 is 2.67 bits per heavy atom. The van der Waals surface area contributed by atoms with Crippen LogP contribution in [0.5, 0.6) is 11.5 Å². The van der Waals surface area contributed by atoms with Crippen molar-refractivity contribution in [2.75, 3.05) is 14.2 Å². The number of nitriles is 1. The van der Waals surface area contributed by atoms with Crippen LogP contribution in [0.15, 0.2) is 36.4 Å². The lowest BCUT2D eigenvalue weighted by Crippen LogP contribution is -1.88. The van der Waals surface area contributed by atoms with E-state index in [0.29, 0.717) is 11.4 Å². The molecule has 1 aromatic heterocycles. The van der Waals surface area contributed by atoms with E-state index in [1.54, 1.807) is 20.3 Å². The number of rotatable bonds is 4. The number of aromatic amines is 1. The first-order valence-corrected chi connectivity index (χ1v) is 7.45. The summed E-state index contributed by atoms with van der Waals surface area (Å²) in [6.07, 6.45) is 1.81. The molecule has 0 amide bonds. The van der Waals surface area contributed by atoms with Crippen molar-refractivity contribution in [3.8, 4) is 17.6 Å². The van der Waals surface area contributed by atoms with Crippen molar-refractivity contribution in [1.29, 1.82) is 5.26 Å². The van der Waals surface area contributed by atoms with Crippen molar-refractivity contribution in [2.45, 2.75) is 6.92 Å². The molecule has 24 heavy (non-hydrogen) atoms. The van der Waals surface area contributed by atoms with Gasteiger partial charge in [0, 0.05) is 6.07 Å². The van der Waals surface area contributed by atoms with E-state index >= 15 is 0 Å². The Kier molecular flexibility index (Phi) is 4.21. The Labute approximate surface area is 140 Å². The molecule has 120 valence electrons. The SMILES string of the molecule is COc1ccc2nc(/C(C#N)=C\c3ccc(OC)c(C)c3)[nH]c2c1. The largest absolute Gasteiger partial charge is 0.497 e. The van der Waals surface area contributed by atoms with Crippen molar-refractivity contribution < 1.29 is 9.47 Å². The third-order valence-electron chi connectivity index (χ3n) is 3.79. The molecule has 5 nitrogen and oxygen atoms in total. The molecule has 0 bridgehead atoms. The fraction of sp³-hybridized carbons (Fsp3) is 0.158. The number of H-pyrrole nitrogens is 1. The summed E-state index contributed by atoms with van der Waals surface area (Å²) in [7, 11) is 3.26. The van der Waals surface area contributed by atoms with E-state index in [9.17, 15) is 5.26 Å². The number of ether oxygens (including phenoxy) is 2. The molecule has 3 rings (SSSR count). The average Bonchev–Trinajstić information content (AvgIpc) is 3.02. The molecule has 2 aromatic carbocycles. The van der Waals surface area contributed by atoms with Crippen LogP contribution in [0.25, 0.3) is 22.7 Å². The van der Waals surface area contributed by atoms with Crippen LogP contribution in [-0.2, 0) is 0 Å². The number of benzene rings is 2. The third-order valence-corrected chi connectivity index (χ3v) is 3.79. The number of hydrogen-bond acceptors (Lipinski definition) is 4. The molecule has 1 heterocycles. The molecule has 0 radical (unpaired) electrons. The topological polar surface area (TPSA) is 70.9 Å². The van der Waals surface area contributed by atoms with Crippen LogP contribution >= 0.6 is 0 Å². The fourth-order valence-corrected chi connectivity index (χ4v) is 2.55. The summed E-state index contributed by atoms with van der Waals surface area (Å²) in [5.41, 5.74) is 4.02. The van der Waals surface area contributed by atoms with E-state index in [1.807, 2.05) is 43.3 Å². The zero-order valence-corrected chi connectivity index (χ0v) is 13.8. The monoisotopic (exact) mass is 319 g/mol. The van der Waals surface area contributed by atoms with Gasteiger partial charge in [0.15, 0.2) is 0 Å². The van der Waals surface area contributed by atoms with Crippen LogP contribution in [0.2, 0.25) is 0 Å². The predicted octanol–water partition coefficient (Wildman–Crippen LogP) is 3.95. The molecule has 0 unspecified atom stereocenters. The van der Waals surface area contributed by atoms with Crippen molar-refractivity contribution in [1.82, 2.24) is 9.97 Å². The molecule has 0 aliphatic carbocycles. The van der Waals surface area contributed by atoms with E-state index in [1.165, 1.54) is 0 Å². The quantitative estimate of drug-likeness (QED) is 0.739. The Morgan fingerprint density at radius 2 is 2.00 bits per heavy atom. The average molecular weight is 319 g/mol. The zero-order chi connectivity index (χ0) is 17.1. The zero-order valence-electron chi connectivity index (χ0n) is 13.8. The normalized spacial score (nSPS) is 11.3. The Morgan fingerprint density at radius 1 is 1.17 bits per heavy atom. The minimum absolute atomic E-state index is 0.467. The van der Waals surface area contributed by atoms with Crippen LogP contribution in [0.1, 0.15) is 17.0 Å². The third kappa shape index (κ3) is 2.95. The van der Waals surface area contributed by atoms with Crippen LogP contribution in [-0.4, -0.2) is 24.2 Å². The molecule has 0 saturated heterocycles. The number of allylic oxidation sites excluding steroid dienone is 1. The molecular formula is C19H17N3O2. The van der Waals surface area contributed by atoms with Crippen LogP contribution < -0.4 is 9.47 Å². The number of nitrogens with one attached hydrogen (secondary N) is 1. The first-order chi connectivity index (χ1) is 11.6. The molecule has 0 spiro atoms. The highest BCUT2D eigenvalue weighted by molar-refractivity contribution is 5.90. The van der Waals surface area contributed by atoms with Crippen molar-refractivity contribution >= 4 is 22.7 Å². The summed E-state index contributed by atoms with van der Waals surface area (Å²) < 4.78 is 10.5. The lowest BCUT2D eigenvalue weighted by molar-refractivity contribution is 0.411. The van der Waals surface area contributed by atoms with Crippen molar-refractivity contribution in [2.24, 2.45) is 0 Å². The molecule has 1 N–H and O–H groups in total. The van der Waals surface area contributed by atoms with Gasteiger partial charge in [-0.15, -0.1) is 0 Å². The standard InChI is InChI=1S/C19H17N3O2/c1-12-8-13(4-7-18(12)24-3)9-14(11-20)19-21-16-6-5-15(23-2)10-17(16)22-19/h4-10H,1-3H3,(H,21,22)/b14-9-. The van der Waals surface area contributed by atoms with Gasteiger partial charge in [-0.25, -0.2) is 4.98 Å². The van der Waals surface area contributed by atoms with E-state index in [-0.39, 0.29) is 0 Å². The second-order valence-corrected chi connectivity index (χ2v) is 5.37. The summed E-state index contributed by atoms with van der Waals surface area (Å²) in [5, 5.41) is 9.51. The molecular weight excluding hydrogens is 302 g/mol. The highest BCUT2D eigenvalue weighted by Gasteiger charge is 2.09. The summed E-state index contributed by atoms with van der Waals surface area (Å²) in [5.74, 6) is 2.10. The smallest absolute Gasteiger partial charge is 0.149 e. The molecule has 0 atom stereocenters. The van der Waals surface area contributed by atoms with Crippen LogP contribution in [0.4, 0.5) is 0 Å². The Balaban J connectivity index is 2.02. The molecule has 5 heteroatoms. The van der Waals surface area contributed by atoms with E-state index in [4.69, 9.17) is 9.47 Å². The van der Waals surface area contributed by atoms with Gasteiger partial charge >= 0.3 is 0 Å². The van der Waals surface area contributed by atoms with Crippen LogP contribution in [0, 0.1) is 18.3 Å². The van der Waals surface area contributed by atoms with Gasteiger partial charge in [0.1, 0.15) is 23.4 Å². The number of aromatic nitrogens is 2. The molecule has 0 fully saturated rings. The summed E-state index contributed by atoms with van der Waals surface area (Å²) in [6.45, 7) is 1.97. The predicted molar refractivity (Wildman–Crippen MR) is 93.9 cm³/mol. The Hall–Kier alpha value is -3.26. The van der Waals surface area contributed by atoms with Gasteiger partial charge in [-0.3, -0.25) is 0 Å². The highest BCUT2D eigenvalue weighted by atomic mass is 16.5. The maximum Gasteiger partial charge on any atom is 0.149 e. The van der Waals surface area contributed by atoms with E-state index in [0.717, 1.165) is 33.7 Å². The van der Waals surface area contributed by atoms with E-state index in [2.05, 4.69) is 16.0 Å². The van der Waals surface area contributed by atoms with Crippen LogP contribution in [0.3, 0.4) is 0 Å². The van der Waals surface area contributed by atoms with Gasteiger partial charge in [-0.1, -0.05) is 6.07 Å². The maximum atomic E-state index is 9.51. The number of aryl methyl sites for hydroxylation is 1. The summed E-state index contributed by atoms with van der Waals surface area (Å²) in [4.78, 5) is 7.66.